The van der Waals surface area contributed by atoms with E-state index in [0.29, 0.717) is 37.2 Å². The van der Waals surface area contributed by atoms with Crippen LogP contribution in [0.4, 0.5) is 5.69 Å². The molecule has 4 heterocycles. The third kappa shape index (κ3) is 3.59. The van der Waals surface area contributed by atoms with Gasteiger partial charge in [-0.15, -0.1) is 0 Å². The molecule has 0 saturated carbocycles. The van der Waals surface area contributed by atoms with Gasteiger partial charge in [0.2, 0.25) is 11.8 Å². The van der Waals surface area contributed by atoms with E-state index in [1.807, 2.05) is 23.1 Å². The molecule has 3 aliphatic heterocycles. The van der Waals surface area contributed by atoms with Crippen molar-refractivity contribution in [3.05, 3.63) is 53.7 Å². The van der Waals surface area contributed by atoms with E-state index >= 15 is 0 Å². The first-order valence-electron chi connectivity index (χ1n) is 12.1. The van der Waals surface area contributed by atoms with E-state index in [4.69, 9.17) is 9.47 Å². The lowest BCUT2D eigenvalue weighted by Crippen LogP contribution is -2.42. The third-order valence-corrected chi connectivity index (χ3v) is 7.47. The van der Waals surface area contributed by atoms with E-state index in [1.165, 1.54) is 22.2 Å². The Bertz CT molecular complexity index is 1260. The second-order valence-corrected chi connectivity index (χ2v) is 9.54. The number of piperidine rings is 1. The number of nitrogens with zero attached hydrogens (tertiary/aromatic N) is 2. The van der Waals surface area contributed by atoms with Gasteiger partial charge >= 0.3 is 0 Å². The Morgan fingerprint density at radius 3 is 2.62 bits per heavy atom. The molecule has 7 nitrogen and oxygen atoms in total. The third-order valence-electron chi connectivity index (χ3n) is 7.47. The lowest BCUT2D eigenvalue weighted by Gasteiger charge is -2.34. The van der Waals surface area contributed by atoms with Crippen molar-refractivity contribution in [3.8, 4) is 11.5 Å². The first-order valence-corrected chi connectivity index (χ1v) is 12.1. The highest BCUT2D eigenvalue weighted by Gasteiger charge is 2.38. The number of para-hydroxylation sites is 1. The first-order chi connectivity index (χ1) is 16.6. The predicted molar refractivity (Wildman–Crippen MR) is 129 cm³/mol. The molecule has 1 atom stereocenters. The van der Waals surface area contributed by atoms with Gasteiger partial charge in [-0.2, -0.15) is 0 Å². The molecule has 1 N–H and O–H groups in total. The van der Waals surface area contributed by atoms with E-state index in [0.717, 1.165) is 31.6 Å². The number of hydrogen-bond acceptors (Lipinski definition) is 4. The number of likely N-dealkylation sites (tertiary alicyclic amines) is 1. The van der Waals surface area contributed by atoms with Gasteiger partial charge in [-0.25, -0.2) is 0 Å². The standard InChI is InChI=1S/C27H29N3O4/c1-17-26(21-4-2-3-5-22(21)28-17)18-8-10-29(11-9-18)27(32)19-14-25(31)30(16-19)20-6-7-23-24(15-20)34-13-12-33-23/h2-7,15,18-19,28H,8-14,16H2,1H3. The Kier molecular flexibility index (Phi) is 5.20. The number of benzene rings is 2. The minimum absolute atomic E-state index is 0.0145. The van der Waals surface area contributed by atoms with E-state index < -0.39 is 0 Å². The van der Waals surface area contributed by atoms with Gasteiger partial charge in [-0.1, -0.05) is 18.2 Å². The number of aromatic nitrogens is 1. The number of fused-ring (bicyclic) bond motifs is 2. The highest BCUT2D eigenvalue weighted by Crippen LogP contribution is 2.38. The molecule has 3 aliphatic rings. The van der Waals surface area contributed by atoms with E-state index in [-0.39, 0.29) is 24.2 Å². The molecule has 2 aromatic carbocycles. The highest BCUT2D eigenvalue weighted by molar-refractivity contribution is 6.00. The van der Waals surface area contributed by atoms with Gasteiger partial charge in [0.05, 0.1) is 5.92 Å². The maximum Gasteiger partial charge on any atom is 0.228 e. The summed E-state index contributed by atoms with van der Waals surface area (Å²) in [6, 6.07) is 14.0. The Morgan fingerprint density at radius 2 is 1.79 bits per heavy atom. The van der Waals surface area contributed by atoms with Gasteiger partial charge < -0.3 is 24.3 Å². The number of aryl methyl sites for hydroxylation is 1. The Labute approximate surface area is 198 Å². The van der Waals surface area contributed by atoms with E-state index in [1.54, 1.807) is 4.90 Å². The summed E-state index contributed by atoms with van der Waals surface area (Å²) < 4.78 is 11.2. The van der Waals surface area contributed by atoms with Crippen molar-refractivity contribution < 1.29 is 19.1 Å². The number of amides is 2. The largest absolute Gasteiger partial charge is 0.486 e. The number of carbonyl (C=O) groups is 2. The van der Waals surface area contributed by atoms with Crippen molar-refractivity contribution in [3.63, 3.8) is 0 Å². The predicted octanol–water partition coefficient (Wildman–Crippen LogP) is 4.01. The number of anilines is 1. The molecule has 1 unspecified atom stereocenters. The van der Waals surface area contributed by atoms with Crippen molar-refractivity contribution in [2.24, 2.45) is 5.92 Å². The molecular weight excluding hydrogens is 430 g/mol. The number of H-pyrrole nitrogens is 1. The zero-order chi connectivity index (χ0) is 23.2. The van der Waals surface area contributed by atoms with Crippen molar-refractivity contribution in [2.45, 2.75) is 32.1 Å². The molecule has 1 aromatic heterocycles. The topological polar surface area (TPSA) is 74.9 Å². The second-order valence-electron chi connectivity index (χ2n) is 9.54. The molecule has 176 valence electrons. The van der Waals surface area contributed by atoms with Crippen molar-refractivity contribution in [1.29, 1.82) is 0 Å². The minimum atomic E-state index is -0.299. The second kappa shape index (κ2) is 8.38. The van der Waals surface area contributed by atoms with Crippen molar-refractivity contribution in [1.82, 2.24) is 9.88 Å². The summed E-state index contributed by atoms with van der Waals surface area (Å²) in [5, 5.41) is 1.29. The van der Waals surface area contributed by atoms with E-state index in [9.17, 15) is 9.59 Å². The minimum Gasteiger partial charge on any atom is -0.486 e. The van der Waals surface area contributed by atoms with Crippen LogP contribution in [-0.2, 0) is 9.59 Å². The molecule has 34 heavy (non-hydrogen) atoms. The van der Waals surface area contributed by atoms with Crippen LogP contribution in [0.1, 0.15) is 36.4 Å². The summed E-state index contributed by atoms with van der Waals surface area (Å²) in [7, 11) is 0. The lowest BCUT2D eigenvalue weighted by molar-refractivity contribution is -0.136. The quantitative estimate of drug-likeness (QED) is 0.642. The lowest BCUT2D eigenvalue weighted by atomic mass is 9.87. The summed E-state index contributed by atoms with van der Waals surface area (Å²) in [6.45, 7) is 5.05. The normalized spacial score (nSPS) is 20.9. The maximum absolute atomic E-state index is 13.3. The first kappa shape index (κ1) is 21.1. The van der Waals surface area contributed by atoms with Crippen LogP contribution in [0.5, 0.6) is 11.5 Å². The summed E-state index contributed by atoms with van der Waals surface area (Å²) in [5.41, 5.74) is 4.56. The van der Waals surface area contributed by atoms with Crippen molar-refractivity contribution >= 4 is 28.4 Å². The summed E-state index contributed by atoms with van der Waals surface area (Å²) in [4.78, 5) is 33.3. The van der Waals surface area contributed by atoms with Gasteiger partial charge in [0.1, 0.15) is 13.2 Å². The Hall–Kier alpha value is -3.48. The van der Waals surface area contributed by atoms with Gasteiger partial charge in [-0.3, -0.25) is 9.59 Å². The van der Waals surface area contributed by atoms with Gasteiger partial charge in [0, 0.05) is 54.4 Å². The molecule has 7 heteroatoms. The average Bonchev–Trinajstić information content (AvgIpc) is 3.42. The molecule has 2 fully saturated rings. The van der Waals surface area contributed by atoms with Gasteiger partial charge in [-0.05, 0) is 49.4 Å². The fourth-order valence-electron chi connectivity index (χ4n) is 5.79. The zero-order valence-electron chi connectivity index (χ0n) is 19.4. The molecule has 3 aromatic rings. The SMILES string of the molecule is Cc1[nH]c2ccccc2c1C1CCN(C(=O)C2CC(=O)N(c3ccc4c(c3)OCCO4)C2)CC1. The average molecular weight is 460 g/mol. The van der Waals surface area contributed by atoms with Crippen molar-refractivity contribution in [2.75, 3.05) is 37.7 Å². The number of carbonyl (C=O) groups excluding carboxylic acids is 2. The fourth-order valence-corrected chi connectivity index (χ4v) is 5.79. The number of nitrogens with one attached hydrogen (secondary N) is 1. The summed E-state index contributed by atoms with van der Waals surface area (Å²) >= 11 is 0. The zero-order valence-corrected chi connectivity index (χ0v) is 19.4. The molecule has 2 saturated heterocycles. The Balaban J connectivity index is 1.12. The van der Waals surface area contributed by atoms with Crippen LogP contribution in [0.15, 0.2) is 42.5 Å². The molecule has 6 rings (SSSR count). The highest BCUT2D eigenvalue weighted by atomic mass is 16.6. The van der Waals surface area contributed by atoms with Crippen LogP contribution < -0.4 is 14.4 Å². The van der Waals surface area contributed by atoms with Gasteiger partial charge in [0.15, 0.2) is 11.5 Å². The number of ether oxygens (including phenoxy) is 2. The Morgan fingerprint density at radius 1 is 1.03 bits per heavy atom. The molecule has 0 radical (unpaired) electrons. The molecular formula is C27H29N3O4. The summed E-state index contributed by atoms with van der Waals surface area (Å²) in [5.74, 6) is 1.58. The van der Waals surface area contributed by atoms with Crippen LogP contribution in [-0.4, -0.2) is 54.5 Å². The number of hydrogen-bond donors (Lipinski definition) is 1. The van der Waals surface area contributed by atoms with Crippen LogP contribution in [0, 0.1) is 12.8 Å². The van der Waals surface area contributed by atoms with E-state index in [2.05, 4.69) is 36.2 Å². The smallest absolute Gasteiger partial charge is 0.228 e. The van der Waals surface area contributed by atoms with Crippen LogP contribution >= 0.6 is 0 Å². The number of aromatic amines is 1. The fraction of sp³-hybridized carbons (Fsp3) is 0.407. The molecule has 0 aliphatic carbocycles. The summed E-state index contributed by atoms with van der Waals surface area (Å²) in [6.07, 6.45) is 2.15. The maximum atomic E-state index is 13.3. The van der Waals surface area contributed by atoms with Crippen LogP contribution in [0.3, 0.4) is 0 Å². The van der Waals surface area contributed by atoms with Gasteiger partial charge in [0.25, 0.3) is 0 Å². The number of rotatable bonds is 3. The van der Waals surface area contributed by atoms with Crippen LogP contribution in [0.25, 0.3) is 10.9 Å². The monoisotopic (exact) mass is 459 g/mol. The molecule has 0 spiro atoms. The van der Waals surface area contributed by atoms with Crippen LogP contribution in [0.2, 0.25) is 0 Å². The molecule has 2 amide bonds. The molecule has 0 bridgehead atoms.